The highest BCUT2D eigenvalue weighted by atomic mass is 16.5. The van der Waals surface area contributed by atoms with Crippen molar-refractivity contribution in [2.24, 2.45) is 4.99 Å². The summed E-state index contributed by atoms with van der Waals surface area (Å²) in [5, 5.41) is 6.80. The van der Waals surface area contributed by atoms with Crippen molar-refractivity contribution < 1.29 is 14.2 Å². The van der Waals surface area contributed by atoms with Crippen LogP contribution in [-0.4, -0.2) is 45.0 Å². The minimum absolute atomic E-state index is 0.0976. The number of benzene rings is 1. The third-order valence-electron chi connectivity index (χ3n) is 4.51. The van der Waals surface area contributed by atoms with Crippen LogP contribution < -0.4 is 20.1 Å². The first-order chi connectivity index (χ1) is 13.2. The summed E-state index contributed by atoms with van der Waals surface area (Å²) in [5.41, 5.74) is 1.13. The first-order valence-corrected chi connectivity index (χ1v) is 10.2. The van der Waals surface area contributed by atoms with Crippen LogP contribution in [0, 0.1) is 0 Å². The molecule has 0 aromatic heterocycles. The molecule has 27 heavy (non-hydrogen) atoms. The Morgan fingerprint density at radius 1 is 1.22 bits per heavy atom. The van der Waals surface area contributed by atoms with Crippen LogP contribution in [0.2, 0.25) is 0 Å². The van der Waals surface area contributed by atoms with Gasteiger partial charge in [0.25, 0.3) is 0 Å². The Labute approximate surface area is 163 Å². The second-order valence-corrected chi connectivity index (χ2v) is 6.62. The van der Waals surface area contributed by atoms with Crippen LogP contribution in [0.25, 0.3) is 0 Å². The van der Waals surface area contributed by atoms with E-state index >= 15 is 0 Å². The van der Waals surface area contributed by atoms with Gasteiger partial charge in [0, 0.05) is 19.7 Å². The highest BCUT2D eigenvalue weighted by molar-refractivity contribution is 5.80. The lowest BCUT2D eigenvalue weighted by atomic mass is 10.1. The zero-order valence-electron chi connectivity index (χ0n) is 17.2. The van der Waals surface area contributed by atoms with E-state index in [-0.39, 0.29) is 6.04 Å². The van der Waals surface area contributed by atoms with E-state index in [2.05, 4.69) is 30.5 Å². The SMILES string of the molecule is CCNC(=NCCC1CCCO1)NC(C)c1ccc(OCC)c(OCC)c1. The van der Waals surface area contributed by atoms with Gasteiger partial charge in [0.05, 0.1) is 25.4 Å². The minimum Gasteiger partial charge on any atom is -0.490 e. The largest absolute Gasteiger partial charge is 0.490 e. The molecule has 2 N–H and O–H groups in total. The number of rotatable bonds is 10. The number of nitrogens with zero attached hydrogens (tertiary/aromatic N) is 1. The van der Waals surface area contributed by atoms with E-state index in [0.717, 1.165) is 55.6 Å². The van der Waals surface area contributed by atoms with Crippen LogP contribution in [0.4, 0.5) is 0 Å². The topological polar surface area (TPSA) is 64.1 Å². The molecule has 0 radical (unpaired) electrons. The number of guanidine groups is 1. The predicted octanol–water partition coefficient (Wildman–Crippen LogP) is 3.67. The van der Waals surface area contributed by atoms with Gasteiger partial charge in [-0.2, -0.15) is 0 Å². The van der Waals surface area contributed by atoms with Crippen molar-refractivity contribution >= 4 is 5.96 Å². The van der Waals surface area contributed by atoms with E-state index in [4.69, 9.17) is 19.2 Å². The van der Waals surface area contributed by atoms with Gasteiger partial charge in [-0.25, -0.2) is 0 Å². The van der Waals surface area contributed by atoms with E-state index in [9.17, 15) is 0 Å². The summed E-state index contributed by atoms with van der Waals surface area (Å²) < 4.78 is 17.1. The molecule has 1 fully saturated rings. The molecule has 6 nitrogen and oxygen atoms in total. The average Bonchev–Trinajstić information content (AvgIpc) is 3.17. The average molecular weight is 378 g/mol. The molecule has 0 aliphatic carbocycles. The highest BCUT2D eigenvalue weighted by Gasteiger charge is 2.15. The van der Waals surface area contributed by atoms with Crippen molar-refractivity contribution in [1.82, 2.24) is 10.6 Å². The monoisotopic (exact) mass is 377 g/mol. The molecule has 2 unspecified atom stereocenters. The number of hydrogen-bond acceptors (Lipinski definition) is 4. The third kappa shape index (κ3) is 6.94. The van der Waals surface area contributed by atoms with Gasteiger partial charge < -0.3 is 24.8 Å². The Kier molecular flexibility index (Phi) is 9.25. The van der Waals surface area contributed by atoms with Crippen LogP contribution in [-0.2, 0) is 4.74 Å². The Morgan fingerprint density at radius 3 is 2.67 bits per heavy atom. The van der Waals surface area contributed by atoms with Gasteiger partial charge in [-0.05, 0) is 64.7 Å². The quantitative estimate of drug-likeness (QED) is 0.481. The van der Waals surface area contributed by atoms with Crippen LogP contribution in [0.3, 0.4) is 0 Å². The predicted molar refractivity (Wildman–Crippen MR) is 110 cm³/mol. The molecule has 2 rings (SSSR count). The third-order valence-corrected chi connectivity index (χ3v) is 4.51. The van der Waals surface area contributed by atoms with Crippen LogP contribution in [0.1, 0.15) is 58.6 Å². The molecule has 1 aromatic rings. The lowest BCUT2D eigenvalue weighted by molar-refractivity contribution is 0.106. The van der Waals surface area contributed by atoms with E-state index < -0.39 is 0 Å². The summed E-state index contributed by atoms with van der Waals surface area (Å²) in [4.78, 5) is 4.71. The van der Waals surface area contributed by atoms with Crippen molar-refractivity contribution in [3.8, 4) is 11.5 Å². The molecule has 0 amide bonds. The maximum Gasteiger partial charge on any atom is 0.191 e. The fraction of sp³-hybridized carbons (Fsp3) is 0.667. The summed E-state index contributed by atoms with van der Waals surface area (Å²) in [6.07, 6.45) is 3.67. The standard InChI is InChI=1S/C21H35N3O3/c1-5-22-21(23-13-12-18-9-8-14-27-18)24-16(4)17-10-11-19(25-6-2)20(15-17)26-7-3/h10-11,15-16,18H,5-9,12-14H2,1-4H3,(H2,22,23,24). The molecule has 1 aromatic carbocycles. The lowest BCUT2D eigenvalue weighted by Gasteiger charge is -2.20. The number of aliphatic imine (C=N–C) groups is 1. The summed E-state index contributed by atoms with van der Waals surface area (Å²) in [6, 6.07) is 6.19. The molecule has 1 heterocycles. The van der Waals surface area contributed by atoms with Gasteiger partial charge in [-0.1, -0.05) is 6.07 Å². The van der Waals surface area contributed by atoms with Gasteiger partial charge >= 0.3 is 0 Å². The first-order valence-electron chi connectivity index (χ1n) is 10.2. The fourth-order valence-corrected chi connectivity index (χ4v) is 3.14. The Morgan fingerprint density at radius 2 is 2.00 bits per heavy atom. The molecule has 2 atom stereocenters. The molecular weight excluding hydrogens is 342 g/mol. The van der Waals surface area contributed by atoms with Crippen LogP contribution >= 0.6 is 0 Å². The van der Waals surface area contributed by atoms with Crippen molar-refractivity contribution in [3.63, 3.8) is 0 Å². The summed E-state index contributed by atoms with van der Waals surface area (Å²) in [5.74, 6) is 2.40. The van der Waals surface area contributed by atoms with Crippen LogP contribution in [0.15, 0.2) is 23.2 Å². The van der Waals surface area contributed by atoms with Crippen LogP contribution in [0.5, 0.6) is 11.5 Å². The summed E-state index contributed by atoms with van der Waals surface area (Å²) in [7, 11) is 0. The lowest BCUT2D eigenvalue weighted by Crippen LogP contribution is -2.39. The van der Waals surface area contributed by atoms with Crippen molar-refractivity contribution in [2.75, 3.05) is 32.9 Å². The van der Waals surface area contributed by atoms with Gasteiger partial charge in [0.1, 0.15) is 0 Å². The molecule has 0 bridgehead atoms. The molecule has 152 valence electrons. The molecule has 1 aliphatic heterocycles. The Bertz CT molecular complexity index is 586. The first kappa shape index (κ1) is 21.4. The molecule has 1 aliphatic rings. The Hall–Kier alpha value is -1.95. The second kappa shape index (κ2) is 11.7. The number of ether oxygens (including phenoxy) is 3. The normalized spacial score (nSPS) is 18.2. The van der Waals surface area contributed by atoms with Gasteiger partial charge in [0.15, 0.2) is 17.5 Å². The summed E-state index contributed by atoms with van der Waals surface area (Å²) in [6.45, 7) is 11.9. The maximum atomic E-state index is 5.74. The van der Waals surface area contributed by atoms with Crippen molar-refractivity contribution in [2.45, 2.75) is 59.1 Å². The maximum absolute atomic E-state index is 5.74. The second-order valence-electron chi connectivity index (χ2n) is 6.62. The van der Waals surface area contributed by atoms with E-state index in [0.29, 0.717) is 19.3 Å². The minimum atomic E-state index is 0.0976. The van der Waals surface area contributed by atoms with Gasteiger partial charge in [-0.3, -0.25) is 4.99 Å². The zero-order chi connectivity index (χ0) is 19.5. The summed E-state index contributed by atoms with van der Waals surface area (Å²) >= 11 is 0. The smallest absolute Gasteiger partial charge is 0.191 e. The molecule has 0 spiro atoms. The van der Waals surface area contributed by atoms with Gasteiger partial charge in [-0.15, -0.1) is 0 Å². The molecule has 6 heteroatoms. The zero-order valence-corrected chi connectivity index (χ0v) is 17.2. The molecular formula is C21H35N3O3. The highest BCUT2D eigenvalue weighted by Crippen LogP contribution is 2.30. The van der Waals surface area contributed by atoms with Crippen molar-refractivity contribution in [1.29, 1.82) is 0 Å². The fourth-order valence-electron chi connectivity index (χ4n) is 3.14. The molecule has 0 saturated carbocycles. The van der Waals surface area contributed by atoms with Crippen molar-refractivity contribution in [3.05, 3.63) is 23.8 Å². The number of nitrogens with one attached hydrogen (secondary N) is 2. The Balaban J connectivity index is 2.00. The number of hydrogen-bond donors (Lipinski definition) is 2. The molecule has 1 saturated heterocycles. The van der Waals surface area contributed by atoms with E-state index in [1.807, 2.05) is 26.0 Å². The van der Waals surface area contributed by atoms with E-state index in [1.165, 1.54) is 6.42 Å². The van der Waals surface area contributed by atoms with E-state index in [1.54, 1.807) is 0 Å². The van der Waals surface area contributed by atoms with Gasteiger partial charge in [0.2, 0.25) is 0 Å².